The molecule has 0 aliphatic carbocycles. The van der Waals surface area contributed by atoms with Crippen LogP contribution in [0.3, 0.4) is 0 Å². The van der Waals surface area contributed by atoms with Crippen molar-refractivity contribution in [1.82, 2.24) is 0 Å². The van der Waals surface area contributed by atoms with Crippen LogP contribution in [0, 0.1) is 3.57 Å². The van der Waals surface area contributed by atoms with Gasteiger partial charge in [-0.3, -0.25) is 0 Å². The fourth-order valence-electron chi connectivity index (χ4n) is 2.44. The van der Waals surface area contributed by atoms with Gasteiger partial charge in [0.05, 0.1) is 0 Å². The number of nitrogens with one attached hydrogen (secondary N) is 1. The normalized spacial score (nSPS) is 28.1. The van der Waals surface area contributed by atoms with Crippen LogP contribution in [0.1, 0.15) is 13.8 Å². The number of morpholine rings is 1. The Morgan fingerprint density at radius 2 is 1.83 bits per heavy atom. The van der Waals surface area contributed by atoms with Crippen molar-refractivity contribution in [3.63, 3.8) is 0 Å². The molecule has 4 heteroatoms. The lowest BCUT2D eigenvalue weighted by atomic mass is 10.2. The van der Waals surface area contributed by atoms with Crippen molar-refractivity contribution in [3.05, 3.63) is 27.8 Å². The first-order chi connectivity index (χ1) is 8.63. The molecule has 1 heterocycles. The molecule has 1 aromatic rings. The molecule has 0 saturated carbocycles. The van der Waals surface area contributed by atoms with Crippen molar-refractivity contribution in [2.75, 3.05) is 26.2 Å². The minimum Gasteiger partial charge on any atom is -0.488 e. The Morgan fingerprint density at radius 3 is 2.44 bits per heavy atom. The summed E-state index contributed by atoms with van der Waals surface area (Å²) in [6.45, 7) is 8.28. The second-order valence-corrected chi connectivity index (χ2v) is 6.21. The summed E-state index contributed by atoms with van der Waals surface area (Å²) in [7, 11) is 0. The molecule has 3 nitrogen and oxygen atoms in total. The van der Waals surface area contributed by atoms with E-state index in [1.807, 2.05) is 12.1 Å². The monoisotopic (exact) mass is 362 g/mol. The summed E-state index contributed by atoms with van der Waals surface area (Å²) in [4.78, 5) is 1.58. The average Bonchev–Trinajstić information content (AvgIpc) is 2.30. The lowest BCUT2D eigenvalue weighted by Gasteiger charge is -2.32. The molecule has 1 aromatic carbocycles. The predicted octanol–water partition coefficient (Wildman–Crippen LogP) is 1.36. The van der Waals surface area contributed by atoms with E-state index in [9.17, 15) is 0 Å². The van der Waals surface area contributed by atoms with Gasteiger partial charge in [0, 0.05) is 3.57 Å². The fourth-order valence-corrected chi connectivity index (χ4v) is 2.80. The zero-order chi connectivity index (χ0) is 13.0. The Balaban J connectivity index is 1.73. The molecule has 0 aromatic heterocycles. The molecule has 0 bridgehead atoms. The number of halogens is 1. The van der Waals surface area contributed by atoms with E-state index in [4.69, 9.17) is 9.47 Å². The Bertz CT molecular complexity index is 359. The molecule has 100 valence electrons. The zero-order valence-electron chi connectivity index (χ0n) is 11.0. The number of ether oxygens (including phenoxy) is 2. The highest BCUT2D eigenvalue weighted by Crippen LogP contribution is 2.12. The van der Waals surface area contributed by atoms with E-state index in [1.54, 1.807) is 4.90 Å². The van der Waals surface area contributed by atoms with Gasteiger partial charge < -0.3 is 14.4 Å². The number of hydrogen-bond acceptors (Lipinski definition) is 2. The van der Waals surface area contributed by atoms with Gasteiger partial charge in [0.1, 0.15) is 44.2 Å². The standard InChI is InChI=1S/C14H20INO2/c1-11-9-16(10-12(2)18-11)7-8-17-14-5-3-13(15)4-6-14/h3-6,11-12H,7-10H2,1-2H3/p+1/t11-,12+. The van der Waals surface area contributed by atoms with Gasteiger partial charge in [-0.2, -0.15) is 0 Å². The molecule has 1 saturated heterocycles. The predicted molar refractivity (Wildman–Crippen MR) is 80.2 cm³/mol. The molecule has 1 aliphatic rings. The van der Waals surface area contributed by atoms with Gasteiger partial charge in [-0.15, -0.1) is 0 Å². The minimum absolute atomic E-state index is 0.363. The first-order valence-corrected chi connectivity index (χ1v) is 7.59. The van der Waals surface area contributed by atoms with E-state index < -0.39 is 0 Å². The second kappa shape index (κ2) is 6.73. The van der Waals surface area contributed by atoms with Crippen LogP contribution in [0.25, 0.3) is 0 Å². The molecule has 1 fully saturated rings. The SMILES string of the molecule is C[C@@H]1C[NH+](CCOc2ccc(I)cc2)C[C@H](C)O1. The Kier molecular flexibility index (Phi) is 5.26. The summed E-state index contributed by atoms with van der Waals surface area (Å²) in [6.07, 6.45) is 0.726. The van der Waals surface area contributed by atoms with Gasteiger partial charge in [-0.1, -0.05) is 0 Å². The molecule has 2 rings (SSSR count). The molecule has 0 spiro atoms. The van der Waals surface area contributed by atoms with E-state index in [0.29, 0.717) is 12.2 Å². The van der Waals surface area contributed by atoms with Crippen LogP contribution in [0.5, 0.6) is 5.75 Å². The lowest BCUT2D eigenvalue weighted by Crippen LogP contribution is -3.16. The molecular formula is C14H21INO2+. The number of rotatable bonds is 4. The van der Waals surface area contributed by atoms with Crippen molar-refractivity contribution >= 4 is 22.6 Å². The fraction of sp³-hybridized carbons (Fsp3) is 0.571. The summed E-state index contributed by atoms with van der Waals surface area (Å²) < 4.78 is 12.7. The van der Waals surface area contributed by atoms with E-state index in [0.717, 1.165) is 32.0 Å². The molecule has 1 aliphatic heterocycles. The third kappa shape index (κ3) is 4.40. The Morgan fingerprint density at radius 1 is 1.22 bits per heavy atom. The van der Waals surface area contributed by atoms with Gasteiger partial charge >= 0.3 is 0 Å². The molecule has 1 N–H and O–H groups in total. The average molecular weight is 362 g/mol. The minimum atomic E-state index is 0.363. The molecule has 18 heavy (non-hydrogen) atoms. The number of hydrogen-bond donors (Lipinski definition) is 1. The van der Waals surface area contributed by atoms with Crippen molar-refractivity contribution in [2.24, 2.45) is 0 Å². The smallest absolute Gasteiger partial charge is 0.137 e. The van der Waals surface area contributed by atoms with Crippen LogP contribution in [0.15, 0.2) is 24.3 Å². The maximum atomic E-state index is 5.77. The van der Waals surface area contributed by atoms with Crippen molar-refractivity contribution in [3.8, 4) is 5.75 Å². The Hall–Kier alpha value is -0.330. The molecule has 0 amide bonds. The van der Waals surface area contributed by atoms with Crippen LogP contribution in [0.4, 0.5) is 0 Å². The summed E-state index contributed by atoms with van der Waals surface area (Å²) in [5, 5.41) is 0. The van der Waals surface area contributed by atoms with Gasteiger partial charge in [0.2, 0.25) is 0 Å². The maximum Gasteiger partial charge on any atom is 0.137 e. The molecule has 3 atom stereocenters. The first-order valence-electron chi connectivity index (χ1n) is 6.51. The van der Waals surface area contributed by atoms with Crippen LogP contribution < -0.4 is 9.64 Å². The van der Waals surface area contributed by atoms with Crippen LogP contribution in [0.2, 0.25) is 0 Å². The van der Waals surface area contributed by atoms with Gasteiger partial charge in [0.15, 0.2) is 0 Å². The van der Waals surface area contributed by atoms with Crippen LogP contribution in [-0.2, 0) is 4.74 Å². The lowest BCUT2D eigenvalue weighted by molar-refractivity contribution is -0.915. The van der Waals surface area contributed by atoms with Crippen LogP contribution >= 0.6 is 22.6 Å². The first kappa shape index (κ1) is 14.1. The summed E-state index contributed by atoms with van der Waals surface area (Å²) in [5.41, 5.74) is 0. The largest absolute Gasteiger partial charge is 0.488 e. The van der Waals surface area contributed by atoms with Crippen molar-refractivity contribution in [1.29, 1.82) is 0 Å². The molecule has 0 radical (unpaired) electrons. The molecule has 1 unspecified atom stereocenters. The molecular weight excluding hydrogens is 341 g/mol. The van der Waals surface area contributed by atoms with E-state index in [-0.39, 0.29) is 0 Å². The van der Waals surface area contributed by atoms with Crippen molar-refractivity contribution < 1.29 is 14.4 Å². The Labute approximate surface area is 123 Å². The zero-order valence-corrected chi connectivity index (χ0v) is 13.1. The van der Waals surface area contributed by atoms with Gasteiger partial charge in [-0.05, 0) is 60.7 Å². The van der Waals surface area contributed by atoms with E-state index in [1.165, 1.54) is 3.57 Å². The van der Waals surface area contributed by atoms with Gasteiger partial charge in [-0.25, -0.2) is 0 Å². The maximum absolute atomic E-state index is 5.77. The van der Waals surface area contributed by atoms with Crippen LogP contribution in [-0.4, -0.2) is 38.4 Å². The van der Waals surface area contributed by atoms with E-state index in [2.05, 4.69) is 48.6 Å². The third-order valence-electron chi connectivity index (χ3n) is 3.15. The summed E-state index contributed by atoms with van der Waals surface area (Å²) >= 11 is 2.30. The quantitative estimate of drug-likeness (QED) is 0.818. The van der Waals surface area contributed by atoms with Crippen molar-refractivity contribution in [2.45, 2.75) is 26.1 Å². The highest BCUT2D eigenvalue weighted by atomic mass is 127. The second-order valence-electron chi connectivity index (χ2n) is 4.97. The highest BCUT2D eigenvalue weighted by molar-refractivity contribution is 14.1. The van der Waals surface area contributed by atoms with E-state index >= 15 is 0 Å². The number of quaternary nitrogens is 1. The topological polar surface area (TPSA) is 22.9 Å². The highest BCUT2D eigenvalue weighted by Gasteiger charge is 2.25. The summed E-state index contributed by atoms with van der Waals surface area (Å²) in [6, 6.07) is 8.20. The van der Waals surface area contributed by atoms with Gasteiger partial charge in [0.25, 0.3) is 0 Å². The third-order valence-corrected chi connectivity index (χ3v) is 3.87. The number of benzene rings is 1. The summed E-state index contributed by atoms with van der Waals surface area (Å²) in [5.74, 6) is 0.962.